The molecular weight excluding hydrogens is 148 g/mol. The molecule has 2 nitrogen and oxygen atoms in total. The Morgan fingerprint density at radius 3 is 2.58 bits per heavy atom. The van der Waals surface area contributed by atoms with E-state index in [0.29, 0.717) is 0 Å². The highest BCUT2D eigenvalue weighted by Gasteiger charge is 2.30. The molecule has 0 aliphatic carbocycles. The maximum absolute atomic E-state index is 5.76. The van der Waals surface area contributed by atoms with E-state index in [1.54, 1.807) is 0 Å². The van der Waals surface area contributed by atoms with Gasteiger partial charge in [-0.3, -0.25) is 4.90 Å². The number of piperidine rings is 1. The summed E-state index contributed by atoms with van der Waals surface area (Å²) < 4.78 is 0. The lowest BCUT2D eigenvalue weighted by molar-refractivity contribution is 0.0542. The second kappa shape index (κ2) is 3.75. The van der Waals surface area contributed by atoms with Crippen molar-refractivity contribution in [2.45, 2.75) is 51.6 Å². The zero-order valence-corrected chi connectivity index (χ0v) is 8.64. The van der Waals surface area contributed by atoms with E-state index in [4.69, 9.17) is 5.73 Å². The fourth-order valence-electron chi connectivity index (χ4n) is 2.11. The molecule has 1 aliphatic rings. The van der Waals surface area contributed by atoms with E-state index in [0.717, 1.165) is 12.6 Å². The predicted molar refractivity (Wildman–Crippen MR) is 53.2 cm³/mol. The summed E-state index contributed by atoms with van der Waals surface area (Å²) in [5.41, 5.74) is 5.95. The van der Waals surface area contributed by atoms with Crippen LogP contribution in [-0.4, -0.2) is 29.6 Å². The molecule has 0 saturated carbocycles. The number of nitrogens with zero attached hydrogens (tertiary/aromatic N) is 1. The first-order valence-electron chi connectivity index (χ1n) is 5.05. The van der Waals surface area contributed by atoms with Gasteiger partial charge in [-0.1, -0.05) is 6.42 Å². The van der Waals surface area contributed by atoms with Gasteiger partial charge >= 0.3 is 0 Å². The molecule has 0 aromatic carbocycles. The van der Waals surface area contributed by atoms with Crippen LogP contribution in [0.1, 0.15) is 40.0 Å². The molecule has 1 saturated heterocycles. The molecule has 1 atom stereocenters. The molecule has 0 spiro atoms. The van der Waals surface area contributed by atoms with Gasteiger partial charge in [-0.2, -0.15) is 0 Å². The highest BCUT2D eigenvalue weighted by atomic mass is 15.2. The van der Waals surface area contributed by atoms with Crippen LogP contribution in [0.15, 0.2) is 0 Å². The first kappa shape index (κ1) is 10.0. The largest absolute Gasteiger partial charge is 0.329 e. The standard InChI is InChI=1S/C10H22N2/c1-9-6-4-5-7-12(9)10(2,3)8-11/h9H,4-8,11H2,1-3H3. The molecule has 0 amide bonds. The molecular formula is C10H22N2. The van der Waals surface area contributed by atoms with Gasteiger partial charge in [-0.05, 0) is 40.2 Å². The SMILES string of the molecule is CC1CCCCN1C(C)(C)CN. The zero-order chi connectivity index (χ0) is 9.19. The van der Waals surface area contributed by atoms with E-state index in [-0.39, 0.29) is 5.54 Å². The average Bonchev–Trinajstić information content (AvgIpc) is 2.05. The van der Waals surface area contributed by atoms with E-state index >= 15 is 0 Å². The van der Waals surface area contributed by atoms with E-state index in [2.05, 4.69) is 25.7 Å². The third-order valence-electron chi connectivity index (χ3n) is 3.08. The van der Waals surface area contributed by atoms with Crippen molar-refractivity contribution in [3.63, 3.8) is 0 Å². The molecule has 1 fully saturated rings. The van der Waals surface area contributed by atoms with Gasteiger partial charge < -0.3 is 5.73 Å². The normalized spacial score (nSPS) is 27.5. The predicted octanol–water partition coefficient (Wildman–Crippen LogP) is 1.60. The number of hydrogen-bond donors (Lipinski definition) is 1. The minimum atomic E-state index is 0.194. The summed E-state index contributed by atoms with van der Waals surface area (Å²) >= 11 is 0. The van der Waals surface area contributed by atoms with Crippen LogP contribution in [0, 0.1) is 0 Å². The minimum Gasteiger partial charge on any atom is -0.329 e. The van der Waals surface area contributed by atoms with Crippen LogP contribution in [0.25, 0.3) is 0 Å². The van der Waals surface area contributed by atoms with Gasteiger partial charge in [0.15, 0.2) is 0 Å². The van der Waals surface area contributed by atoms with Crippen molar-refractivity contribution in [2.75, 3.05) is 13.1 Å². The molecule has 0 aromatic rings. The molecule has 1 unspecified atom stereocenters. The van der Waals surface area contributed by atoms with E-state index in [1.165, 1.54) is 25.8 Å². The minimum absolute atomic E-state index is 0.194. The van der Waals surface area contributed by atoms with Crippen LogP contribution in [0.2, 0.25) is 0 Å². The van der Waals surface area contributed by atoms with Crippen molar-refractivity contribution in [3.05, 3.63) is 0 Å². The van der Waals surface area contributed by atoms with Crippen molar-refractivity contribution >= 4 is 0 Å². The fourth-order valence-corrected chi connectivity index (χ4v) is 2.11. The van der Waals surface area contributed by atoms with Crippen LogP contribution < -0.4 is 5.73 Å². The third-order valence-corrected chi connectivity index (χ3v) is 3.08. The Labute approximate surface area is 76.1 Å². The Kier molecular flexibility index (Phi) is 3.13. The van der Waals surface area contributed by atoms with Crippen molar-refractivity contribution in [1.82, 2.24) is 4.90 Å². The number of nitrogens with two attached hydrogens (primary N) is 1. The van der Waals surface area contributed by atoms with Gasteiger partial charge in [-0.25, -0.2) is 0 Å². The Morgan fingerprint density at radius 2 is 2.08 bits per heavy atom. The summed E-state index contributed by atoms with van der Waals surface area (Å²) in [5.74, 6) is 0. The number of likely N-dealkylation sites (tertiary alicyclic amines) is 1. The van der Waals surface area contributed by atoms with E-state index in [9.17, 15) is 0 Å². The van der Waals surface area contributed by atoms with Gasteiger partial charge in [0.25, 0.3) is 0 Å². The van der Waals surface area contributed by atoms with Crippen molar-refractivity contribution in [3.8, 4) is 0 Å². The topological polar surface area (TPSA) is 29.3 Å². The lowest BCUT2D eigenvalue weighted by atomic mass is 9.94. The molecule has 2 N–H and O–H groups in total. The van der Waals surface area contributed by atoms with Crippen molar-refractivity contribution in [1.29, 1.82) is 0 Å². The van der Waals surface area contributed by atoms with Crippen molar-refractivity contribution in [2.24, 2.45) is 5.73 Å². The molecule has 1 rings (SSSR count). The average molecular weight is 170 g/mol. The lowest BCUT2D eigenvalue weighted by Crippen LogP contribution is -2.54. The lowest BCUT2D eigenvalue weighted by Gasteiger charge is -2.44. The van der Waals surface area contributed by atoms with E-state index in [1.807, 2.05) is 0 Å². The summed E-state index contributed by atoms with van der Waals surface area (Å²) in [5, 5.41) is 0. The fraction of sp³-hybridized carbons (Fsp3) is 1.00. The highest BCUT2D eigenvalue weighted by molar-refractivity contribution is 4.87. The maximum atomic E-state index is 5.76. The van der Waals surface area contributed by atoms with Gasteiger partial charge in [0.1, 0.15) is 0 Å². The number of rotatable bonds is 2. The molecule has 1 aliphatic heterocycles. The van der Waals surface area contributed by atoms with Gasteiger partial charge in [0, 0.05) is 18.1 Å². The molecule has 0 aromatic heterocycles. The van der Waals surface area contributed by atoms with Crippen LogP contribution in [0.3, 0.4) is 0 Å². The molecule has 72 valence electrons. The number of hydrogen-bond acceptors (Lipinski definition) is 2. The molecule has 0 radical (unpaired) electrons. The Balaban J connectivity index is 2.58. The summed E-state index contributed by atoms with van der Waals surface area (Å²) in [6, 6.07) is 0.720. The highest BCUT2D eigenvalue weighted by Crippen LogP contribution is 2.24. The van der Waals surface area contributed by atoms with Crippen molar-refractivity contribution < 1.29 is 0 Å². The van der Waals surface area contributed by atoms with Gasteiger partial charge in [0.05, 0.1) is 0 Å². The Morgan fingerprint density at radius 1 is 1.42 bits per heavy atom. The maximum Gasteiger partial charge on any atom is 0.0278 e. The Hall–Kier alpha value is -0.0800. The third kappa shape index (κ3) is 1.99. The monoisotopic (exact) mass is 170 g/mol. The quantitative estimate of drug-likeness (QED) is 0.682. The molecule has 1 heterocycles. The Bertz CT molecular complexity index is 143. The molecule has 2 heteroatoms. The molecule has 12 heavy (non-hydrogen) atoms. The van der Waals surface area contributed by atoms with Gasteiger partial charge in [0.2, 0.25) is 0 Å². The second-order valence-corrected chi connectivity index (χ2v) is 4.55. The van der Waals surface area contributed by atoms with Crippen LogP contribution in [0.5, 0.6) is 0 Å². The summed E-state index contributed by atoms with van der Waals surface area (Å²) in [6.07, 6.45) is 4.06. The van der Waals surface area contributed by atoms with Crippen LogP contribution >= 0.6 is 0 Å². The zero-order valence-electron chi connectivity index (χ0n) is 8.64. The summed E-state index contributed by atoms with van der Waals surface area (Å²) in [6.45, 7) is 8.79. The summed E-state index contributed by atoms with van der Waals surface area (Å²) in [4.78, 5) is 2.55. The first-order chi connectivity index (χ1) is 5.58. The van der Waals surface area contributed by atoms with Crippen LogP contribution in [-0.2, 0) is 0 Å². The molecule has 0 bridgehead atoms. The smallest absolute Gasteiger partial charge is 0.0278 e. The first-order valence-corrected chi connectivity index (χ1v) is 5.05. The van der Waals surface area contributed by atoms with Gasteiger partial charge in [-0.15, -0.1) is 0 Å². The van der Waals surface area contributed by atoms with E-state index < -0.39 is 0 Å². The summed E-state index contributed by atoms with van der Waals surface area (Å²) in [7, 11) is 0. The van der Waals surface area contributed by atoms with Crippen LogP contribution in [0.4, 0.5) is 0 Å². The second-order valence-electron chi connectivity index (χ2n) is 4.55.